The van der Waals surface area contributed by atoms with Crippen LogP contribution in [0.5, 0.6) is 0 Å². The zero-order chi connectivity index (χ0) is 12.1. The third kappa shape index (κ3) is 7.62. The van der Waals surface area contributed by atoms with E-state index in [2.05, 4.69) is 9.78 Å². The molecule has 0 heterocycles. The van der Waals surface area contributed by atoms with Crippen molar-refractivity contribution in [1.82, 2.24) is 0 Å². The molecule has 0 rings (SSSR count). The largest absolute Gasteiger partial charge is 0.545 e. The molecule has 0 aliphatic rings. The Labute approximate surface area is 83.2 Å². The molecule has 0 aromatic carbocycles. The highest BCUT2D eigenvalue weighted by Gasteiger charge is 2.18. The van der Waals surface area contributed by atoms with Crippen molar-refractivity contribution in [3.05, 3.63) is 0 Å². The maximum absolute atomic E-state index is 10.4. The molecule has 9 nitrogen and oxygen atoms in total. The molecule has 86 valence electrons. The first-order valence-corrected chi connectivity index (χ1v) is 5.01. The average Bonchev–Trinajstić information content (AvgIpc) is 2.00. The Kier molecular flexibility index (Phi) is 4.92. The number of aliphatic carboxylic acids is 2. The van der Waals surface area contributed by atoms with Gasteiger partial charge in [-0.1, -0.05) is 5.16 Å². The van der Waals surface area contributed by atoms with Gasteiger partial charge in [0, 0.05) is 6.42 Å². The molecule has 0 aromatic heterocycles. The Morgan fingerprint density at radius 3 is 2.07 bits per heavy atom. The molecule has 0 bridgehead atoms. The van der Waals surface area contributed by atoms with E-state index in [4.69, 9.17) is 20.0 Å². The van der Waals surface area contributed by atoms with Gasteiger partial charge in [-0.15, -0.1) is 0 Å². The number of nitrogens with zero attached hydrogens (tertiary/aromatic N) is 1. The third-order valence-electron chi connectivity index (χ3n) is 1.08. The zero-order valence-corrected chi connectivity index (χ0v) is 8.12. The van der Waals surface area contributed by atoms with E-state index >= 15 is 0 Å². The predicted octanol–water partition coefficient (Wildman–Crippen LogP) is -0.599. The summed E-state index contributed by atoms with van der Waals surface area (Å²) in [6.07, 6.45) is -1.03. The van der Waals surface area contributed by atoms with E-state index in [0.29, 0.717) is 0 Å². The first kappa shape index (κ1) is 13.6. The quantitative estimate of drug-likeness (QED) is 0.273. The lowest BCUT2D eigenvalue weighted by atomic mass is 10.2. The topological polar surface area (TPSA) is 154 Å². The summed E-state index contributed by atoms with van der Waals surface area (Å²) in [6.45, 7) is 0. The highest BCUT2D eigenvalue weighted by Crippen LogP contribution is 2.36. The van der Waals surface area contributed by atoms with Gasteiger partial charge >= 0.3 is 19.8 Å². The van der Waals surface area contributed by atoms with Crippen LogP contribution in [-0.2, 0) is 18.8 Å². The van der Waals surface area contributed by atoms with Crippen LogP contribution < -0.4 is 0 Å². The number of hydrogen-bond acceptors (Lipinski definition) is 5. The Balaban J connectivity index is 4.46. The van der Waals surface area contributed by atoms with Gasteiger partial charge in [0.15, 0.2) is 5.71 Å². The number of oxime groups is 1. The summed E-state index contributed by atoms with van der Waals surface area (Å²) in [6, 6.07) is 0. The van der Waals surface area contributed by atoms with Crippen LogP contribution in [-0.4, -0.2) is 37.7 Å². The molecule has 0 amide bonds. The molecule has 0 saturated heterocycles. The minimum atomic E-state index is -4.90. The second kappa shape index (κ2) is 5.44. The van der Waals surface area contributed by atoms with Gasteiger partial charge in [-0.05, 0) is 0 Å². The molecule has 0 spiro atoms. The van der Waals surface area contributed by atoms with Crippen LogP contribution in [0.25, 0.3) is 0 Å². The fourth-order valence-electron chi connectivity index (χ4n) is 0.519. The summed E-state index contributed by atoms with van der Waals surface area (Å²) in [5.74, 6) is -2.87. The minimum Gasteiger partial charge on any atom is -0.481 e. The van der Waals surface area contributed by atoms with Gasteiger partial charge < -0.3 is 10.2 Å². The van der Waals surface area contributed by atoms with Crippen LogP contribution in [0.2, 0.25) is 0 Å². The summed E-state index contributed by atoms with van der Waals surface area (Å²) in [7, 11) is -4.90. The zero-order valence-electron chi connectivity index (χ0n) is 7.23. The van der Waals surface area contributed by atoms with Crippen molar-refractivity contribution in [3.8, 4) is 0 Å². The molecule has 0 radical (unpaired) electrons. The standard InChI is InChI=1S/C5H8NO8P/c7-4(8)2-1-3(5(9)10)6-14-15(11,12)13/h1-2H2,(H,7,8)(H,9,10)(H2,11,12,13)/b6-3-. The van der Waals surface area contributed by atoms with Crippen LogP contribution in [0.3, 0.4) is 0 Å². The molecule has 10 heteroatoms. The van der Waals surface area contributed by atoms with Gasteiger partial charge in [-0.3, -0.25) is 19.2 Å². The van der Waals surface area contributed by atoms with Gasteiger partial charge in [0.1, 0.15) is 0 Å². The fraction of sp³-hybridized carbons (Fsp3) is 0.400. The van der Waals surface area contributed by atoms with E-state index in [9.17, 15) is 14.2 Å². The first-order valence-electron chi connectivity index (χ1n) is 3.48. The maximum atomic E-state index is 10.4. The van der Waals surface area contributed by atoms with Crippen molar-refractivity contribution in [2.45, 2.75) is 12.8 Å². The van der Waals surface area contributed by atoms with Crippen molar-refractivity contribution in [1.29, 1.82) is 0 Å². The second-order valence-electron chi connectivity index (χ2n) is 2.31. The number of carbonyl (C=O) groups is 2. The van der Waals surface area contributed by atoms with Crippen molar-refractivity contribution < 1.29 is 38.8 Å². The van der Waals surface area contributed by atoms with E-state index in [1.807, 2.05) is 0 Å². The predicted molar refractivity (Wildman–Crippen MR) is 45.1 cm³/mol. The van der Waals surface area contributed by atoms with E-state index in [1.54, 1.807) is 0 Å². The van der Waals surface area contributed by atoms with Crippen molar-refractivity contribution in [3.63, 3.8) is 0 Å². The second-order valence-corrected chi connectivity index (χ2v) is 3.45. The smallest absolute Gasteiger partial charge is 0.481 e. The lowest BCUT2D eigenvalue weighted by molar-refractivity contribution is -0.136. The number of rotatable bonds is 6. The summed E-state index contributed by atoms with van der Waals surface area (Å²) in [5, 5.41) is 19.3. The Morgan fingerprint density at radius 2 is 1.73 bits per heavy atom. The Morgan fingerprint density at radius 1 is 1.20 bits per heavy atom. The summed E-state index contributed by atoms with van der Waals surface area (Å²) >= 11 is 0. The van der Waals surface area contributed by atoms with Gasteiger partial charge in [0.2, 0.25) is 0 Å². The third-order valence-corrected chi connectivity index (χ3v) is 1.37. The first-order chi connectivity index (χ1) is 6.72. The summed E-state index contributed by atoms with van der Waals surface area (Å²) in [5.41, 5.74) is -0.777. The van der Waals surface area contributed by atoms with Crippen LogP contribution in [0.4, 0.5) is 0 Å². The molecule has 4 N–H and O–H groups in total. The SMILES string of the molecule is O=C(O)CC/C(=N/OP(=O)(O)O)C(=O)O. The lowest BCUT2D eigenvalue weighted by Crippen LogP contribution is -2.15. The maximum Gasteiger partial charge on any atom is 0.545 e. The molecular formula is C5H8NO8P. The van der Waals surface area contributed by atoms with E-state index in [0.717, 1.165) is 0 Å². The highest BCUT2D eigenvalue weighted by atomic mass is 31.2. The van der Waals surface area contributed by atoms with E-state index < -0.39 is 38.3 Å². The van der Waals surface area contributed by atoms with Gasteiger partial charge in [-0.25, -0.2) is 9.36 Å². The Hall–Kier alpha value is -1.44. The molecular weight excluding hydrogens is 233 g/mol. The molecule has 0 atom stereocenters. The van der Waals surface area contributed by atoms with Crippen LogP contribution >= 0.6 is 7.82 Å². The number of carboxylic acid groups (broad SMARTS) is 2. The molecule has 0 aliphatic carbocycles. The monoisotopic (exact) mass is 241 g/mol. The van der Waals surface area contributed by atoms with Gasteiger partial charge in [0.05, 0.1) is 6.42 Å². The molecule has 0 fully saturated rings. The molecule has 0 unspecified atom stereocenters. The average molecular weight is 241 g/mol. The number of phosphoric acid groups is 1. The fourth-order valence-corrected chi connectivity index (χ4v) is 0.724. The number of hydrogen-bond donors (Lipinski definition) is 4. The van der Waals surface area contributed by atoms with Crippen LogP contribution in [0.15, 0.2) is 5.16 Å². The molecule has 15 heavy (non-hydrogen) atoms. The van der Waals surface area contributed by atoms with Crippen molar-refractivity contribution >= 4 is 25.5 Å². The van der Waals surface area contributed by atoms with Crippen LogP contribution in [0.1, 0.15) is 12.8 Å². The van der Waals surface area contributed by atoms with Crippen molar-refractivity contribution in [2.24, 2.45) is 5.16 Å². The van der Waals surface area contributed by atoms with Crippen LogP contribution in [0, 0.1) is 0 Å². The minimum absolute atomic E-state index is 0.495. The molecule has 0 aliphatic heterocycles. The summed E-state index contributed by atoms with van der Waals surface area (Å²) < 4.78 is 13.7. The molecule has 0 saturated carbocycles. The Bertz CT molecular complexity index is 330. The summed E-state index contributed by atoms with van der Waals surface area (Å²) in [4.78, 5) is 36.9. The van der Waals surface area contributed by atoms with E-state index in [-0.39, 0.29) is 0 Å². The van der Waals surface area contributed by atoms with Gasteiger partial charge in [0.25, 0.3) is 0 Å². The van der Waals surface area contributed by atoms with Crippen molar-refractivity contribution in [2.75, 3.05) is 0 Å². The lowest BCUT2D eigenvalue weighted by Gasteiger charge is -2.01. The number of carboxylic acids is 2. The normalized spacial score (nSPS) is 12.3. The van der Waals surface area contributed by atoms with Gasteiger partial charge in [-0.2, -0.15) is 0 Å². The highest BCUT2D eigenvalue weighted by molar-refractivity contribution is 7.46. The molecule has 0 aromatic rings. The van der Waals surface area contributed by atoms with E-state index in [1.165, 1.54) is 0 Å².